The third-order valence-corrected chi connectivity index (χ3v) is 6.57. The number of hydrogen-bond acceptors (Lipinski definition) is 5. The summed E-state index contributed by atoms with van der Waals surface area (Å²) >= 11 is 0. The van der Waals surface area contributed by atoms with Crippen molar-refractivity contribution >= 4 is 26.6 Å². The summed E-state index contributed by atoms with van der Waals surface area (Å²) in [4.78, 5) is 12.4. The third kappa shape index (κ3) is 6.59. The molecule has 0 unspecified atom stereocenters. The lowest BCUT2D eigenvalue weighted by Gasteiger charge is -2.19. The third-order valence-electron chi connectivity index (χ3n) is 4.65. The van der Waals surface area contributed by atoms with E-state index in [9.17, 15) is 13.2 Å². The van der Waals surface area contributed by atoms with Gasteiger partial charge in [-0.2, -0.15) is 0 Å². The molecule has 0 aliphatic carbocycles. The molecule has 0 spiro atoms. The standard InChI is InChI=1S/C27H28O5S/c1-5-17-33(29,30)22-11-8-9-20(18-22)13-15-24-23-12-7-6-10-21(23)14-16-25(24)31-19-26(28)32-27(2,3)4/h6-12,14,16,18H,5,17,19H2,1-4H3. The first-order valence-electron chi connectivity index (χ1n) is 10.8. The molecule has 5 nitrogen and oxygen atoms in total. The highest BCUT2D eigenvalue weighted by Gasteiger charge is 2.17. The van der Waals surface area contributed by atoms with Crippen molar-refractivity contribution in [2.24, 2.45) is 0 Å². The highest BCUT2D eigenvalue weighted by atomic mass is 32.2. The predicted molar refractivity (Wildman–Crippen MR) is 130 cm³/mol. The molecule has 172 valence electrons. The van der Waals surface area contributed by atoms with Crippen molar-refractivity contribution in [3.8, 4) is 17.6 Å². The topological polar surface area (TPSA) is 69.7 Å². The minimum Gasteiger partial charge on any atom is -0.481 e. The first-order chi connectivity index (χ1) is 15.6. The number of ether oxygens (including phenoxy) is 2. The van der Waals surface area contributed by atoms with Crippen LogP contribution in [-0.2, 0) is 19.4 Å². The molecule has 0 bridgehead atoms. The molecule has 0 fully saturated rings. The highest BCUT2D eigenvalue weighted by Crippen LogP contribution is 2.28. The number of esters is 1. The second-order valence-electron chi connectivity index (χ2n) is 8.63. The molecule has 0 aliphatic heterocycles. The molecule has 0 atom stereocenters. The molecule has 0 heterocycles. The van der Waals surface area contributed by atoms with Crippen molar-refractivity contribution < 1.29 is 22.7 Å². The van der Waals surface area contributed by atoms with Crippen molar-refractivity contribution in [1.82, 2.24) is 0 Å². The predicted octanol–water partition coefficient (Wildman–Crippen LogP) is 5.14. The van der Waals surface area contributed by atoms with Gasteiger partial charge in [-0.15, -0.1) is 0 Å². The van der Waals surface area contributed by atoms with Gasteiger partial charge in [0.2, 0.25) is 0 Å². The summed E-state index contributed by atoms with van der Waals surface area (Å²) in [6.07, 6.45) is 0.548. The number of sulfone groups is 1. The highest BCUT2D eigenvalue weighted by molar-refractivity contribution is 7.91. The van der Waals surface area contributed by atoms with Crippen LogP contribution in [0.15, 0.2) is 65.6 Å². The summed E-state index contributed by atoms with van der Waals surface area (Å²) in [5, 5.41) is 1.85. The Bertz CT molecular complexity index is 1320. The van der Waals surface area contributed by atoms with E-state index in [0.717, 1.165) is 10.8 Å². The number of benzene rings is 3. The molecule has 0 saturated heterocycles. The van der Waals surface area contributed by atoms with Gasteiger partial charge in [0.15, 0.2) is 16.4 Å². The van der Waals surface area contributed by atoms with Gasteiger partial charge in [-0.3, -0.25) is 0 Å². The van der Waals surface area contributed by atoms with E-state index in [4.69, 9.17) is 9.47 Å². The van der Waals surface area contributed by atoms with Gasteiger partial charge >= 0.3 is 5.97 Å². The van der Waals surface area contributed by atoms with Crippen LogP contribution in [0.5, 0.6) is 5.75 Å². The summed E-state index contributed by atoms with van der Waals surface area (Å²) in [7, 11) is -3.34. The molecule has 6 heteroatoms. The smallest absolute Gasteiger partial charge is 0.344 e. The van der Waals surface area contributed by atoms with Crippen LogP contribution in [0.1, 0.15) is 45.2 Å². The average molecular weight is 465 g/mol. The zero-order valence-corrected chi connectivity index (χ0v) is 20.2. The lowest BCUT2D eigenvalue weighted by Crippen LogP contribution is -2.27. The Kier molecular flexibility index (Phi) is 7.45. The van der Waals surface area contributed by atoms with Crippen LogP contribution in [0.25, 0.3) is 10.8 Å². The molecule has 3 rings (SSSR count). The number of fused-ring (bicyclic) bond motifs is 1. The van der Waals surface area contributed by atoms with E-state index in [0.29, 0.717) is 23.3 Å². The molecule has 33 heavy (non-hydrogen) atoms. The fourth-order valence-electron chi connectivity index (χ4n) is 3.30. The normalized spacial score (nSPS) is 11.5. The summed E-state index contributed by atoms with van der Waals surface area (Å²) in [6, 6.07) is 18.1. The zero-order chi connectivity index (χ0) is 24.1. The minimum atomic E-state index is -3.34. The number of carbonyl (C=O) groups excluding carboxylic acids is 1. The van der Waals surface area contributed by atoms with E-state index in [2.05, 4.69) is 11.8 Å². The maximum Gasteiger partial charge on any atom is 0.344 e. The number of rotatable bonds is 6. The number of carbonyl (C=O) groups is 1. The van der Waals surface area contributed by atoms with E-state index in [-0.39, 0.29) is 17.3 Å². The van der Waals surface area contributed by atoms with Gasteiger partial charge in [0.05, 0.1) is 16.2 Å². The SMILES string of the molecule is CCCS(=O)(=O)c1cccc(C#Cc2c(OCC(=O)OC(C)(C)C)ccc3ccccc23)c1. The van der Waals surface area contributed by atoms with Crippen molar-refractivity contribution in [3.05, 3.63) is 71.8 Å². The van der Waals surface area contributed by atoms with Gasteiger partial charge in [0, 0.05) is 10.9 Å². The lowest BCUT2D eigenvalue weighted by molar-refractivity contribution is -0.157. The molecule has 0 aromatic heterocycles. The quantitative estimate of drug-likeness (QED) is 0.373. The van der Waals surface area contributed by atoms with Gasteiger partial charge < -0.3 is 9.47 Å². The maximum absolute atomic E-state index is 12.4. The van der Waals surface area contributed by atoms with Crippen LogP contribution in [0.2, 0.25) is 0 Å². The molecule has 3 aromatic rings. The van der Waals surface area contributed by atoms with Crippen molar-refractivity contribution in [1.29, 1.82) is 0 Å². The Labute approximate surface area is 195 Å². The van der Waals surface area contributed by atoms with Crippen LogP contribution in [0.4, 0.5) is 0 Å². The first-order valence-corrected chi connectivity index (χ1v) is 12.5. The molecule has 0 amide bonds. The second-order valence-corrected chi connectivity index (χ2v) is 10.7. The van der Waals surface area contributed by atoms with Gasteiger partial charge in [-0.05, 0) is 56.8 Å². The Morgan fingerprint density at radius 3 is 2.45 bits per heavy atom. The Balaban J connectivity index is 1.97. The molecule has 0 aliphatic rings. The zero-order valence-electron chi connectivity index (χ0n) is 19.3. The Morgan fingerprint density at radius 2 is 1.73 bits per heavy atom. The first kappa shape index (κ1) is 24.3. The molecule has 3 aromatic carbocycles. The molecule has 0 radical (unpaired) electrons. The summed E-state index contributed by atoms with van der Waals surface area (Å²) in [5.74, 6) is 6.28. The summed E-state index contributed by atoms with van der Waals surface area (Å²) < 4.78 is 35.9. The molecular formula is C27H28O5S. The van der Waals surface area contributed by atoms with Crippen LogP contribution in [-0.4, -0.2) is 32.3 Å². The molecule has 0 N–H and O–H groups in total. The van der Waals surface area contributed by atoms with Crippen LogP contribution in [0, 0.1) is 11.8 Å². The van der Waals surface area contributed by atoms with Crippen molar-refractivity contribution in [2.75, 3.05) is 12.4 Å². The average Bonchev–Trinajstić information content (AvgIpc) is 2.75. The monoisotopic (exact) mass is 464 g/mol. The summed E-state index contributed by atoms with van der Waals surface area (Å²) in [6.45, 7) is 6.99. The largest absolute Gasteiger partial charge is 0.481 e. The summed E-state index contributed by atoms with van der Waals surface area (Å²) in [5.41, 5.74) is 0.604. The van der Waals surface area contributed by atoms with Gasteiger partial charge in [-0.1, -0.05) is 55.2 Å². The molecule has 0 saturated carbocycles. The van der Waals surface area contributed by atoms with E-state index >= 15 is 0 Å². The van der Waals surface area contributed by atoms with Crippen LogP contribution >= 0.6 is 0 Å². The van der Waals surface area contributed by atoms with Gasteiger partial charge in [0.25, 0.3) is 0 Å². The molecular weight excluding hydrogens is 436 g/mol. The Morgan fingerprint density at radius 1 is 0.970 bits per heavy atom. The minimum absolute atomic E-state index is 0.0931. The number of hydrogen-bond donors (Lipinski definition) is 0. The maximum atomic E-state index is 12.4. The van der Waals surface area contributed by atoms with Crippen LogP contribution < -0.4 is 4.74 Å². The lowest BCUT2D eigenvalue weighted by atomic mass is 10.0. The van der Waals surface area contributed by atoms with Crippen molar-refractivity contribution in [3.63, 3.8) is 0 Å². The van der Waals surface area contributed by atoms with E-state index in [1.807, 2.05) is 37.3 Å². The van der Waals surface area contributed by atoms with Gasteiger partial charge in [0.1, 0.15) is 11.4 Å². The van der Waals surface area contributed by atoms with Gasteiger partial charge in [-0.25, -0.2) is 13.2 Å². The second kappa shape index (κ2) is 10.1. The van der Waals surface area contributed by atoms with E-state index in [1.54, 1.807) is 51.1 Å². The fourth-order valence-corrected chi connectivity index (χ4v) is 4.66. The van der Waals surface area contributed by atoms with E-state index < -0.39 is 21.4 Å². The van der Waals surface area contributed by atoms with Crippen molar-refractivity contribution in [2.45, 2.75) is 44.6 Å². The van der Waals surface area contributed by atoms with Crippen LogP contribution in [0.3, 0.4) is 0 Å². The Hall–Kier alpha value is -3.30. The van der Waals surface area contributed by atoms with E-state index in [1.165, 1.54) is 0 Å². The fraction of sp³-hybridized carbons (Fsp3) is 0.296.